The Kier molecular flexibility index (Phi) is 4.77. The lowest BCUT2D eigenvalue weighted by molar-refractivity contribution is -0.148. The summed E-state index contributed by atoms with van der Waals surface area (Å²) in [6.45, 7) is 1.57. The van der Waals surface area contributed by atoms with Crippen molar-refractivity contribution in [2.45, 2.75) is 37.5 Å². The quantitative estimate of drug-likeness (QED) is 0.666. The molecule has 1 aromatic carbocycles. The molecule has 2 rings (SSSR count). The minimum atomic E-state index is -3.62. The molecule has 0 heterocycles. The lowest BCUT2D eigenvalue weighted by atomic mass is 10.1. The highest BCUT2D eigenvalue weighted by atomic mass is 32.2. The van der Waals surface area contributed by atoms with Crippen molar-refractivity contribution >= 4 is 16.0 Å². The summed E-state index contributed by atoms with van der Waals surface area (Å²) in [6, 6.07) is 6.49. The number of esters is 1. The zero-order chi connectivity index (χ0) is 14.6. The van der Waals surface area contributed by atoms with Crippen LogP contribution in [0.25, 0.3) is 0 Å². The molecular formula is C14H19NO4S. The van der Waals surface area contributed by atoms with Crippen molar-refractivity contribution in [3.63, 3.8) is 0 Å². The van der Waals surface area contributed by atoms with Crippen molar-refractivity contribution in [3.05, 3.63) is 29.8 Å². The molecule has 0 radical (unpaired) electrons. The number of benzene rings is 1. The molecule has 1 aromatic rings. The molecule has 0 spiro atoms. The fourth-order valence-electron chi connectivity index (χ4n) is 2.26. The topological polar surface area (TPSA) is 72.5 Å². The van der Waals surface area contributed by atoms with Crippen molar-refractivity contribution in [1.29, 1.82) is 0 Å². The second-order valence-electron chi connectivity index (χ2n) is 5.05. The van der Waals surface area contributed by atoms with Crippen LogP contribution in [0.5, 0.6) is 0 Å². The lowest BCUT2D eigenvalue weighted by Crippen LogP contribution is -2.29. The van der Waals surface area contributed by atoms with E-state index in [-0.39, 0.29) is 23.5 Å². The first-order valence-corrected chi connectivity index (χ1v) is 8.20. The van der Waals surface area contributed by atoms with Gasteiger partial charge in [-0.05, 0) is 31.9 Å². The maximum absolute atomic E-state index is 11.9. The third-order valence-corrected chi connectivity index (χ3v) is 4.87. The van der Waals surface area contributed by atoms with E-state index in [1.54, 1.807) is 12.1 Å². The number of hydrogen-bond acceptors (Lipinski definition) is 4. The van der Waals surface area contributed by atoms with E-state index < -0.39 is 10.0 Å². The van der Waals surface area contributed by atoms with Gasteiger partial charge in [0.15, 0.2) is 6.73 Å². The third kappa shape index (κ3) is 3.80. The van der Waals surface area contributed by atoms with E-state index in [2.05, 4.69) is 4.72 Å². The molecule has 0 unspecified atom stereocenters. The maximum Gasteiger partial charge on any atom is 0.310 e. The average molecular weight is 297 g/mol. The van der Waals surface area contributed by atoms with Crippen LogP contribution in [0.15, 0.2) is 29.2 Å². The highest BCUT2D eigenvalue weighted by Crippen LogP contribution is 2.25. The third-order valence-electron chi connectivity index (χ3n) is 3.48. The summed E-state index contributed by atoms with van der Waals surface area (Å²) in [5.41, 5.74) is 0.983. The van der Waals surface area contributed by atoms with Crippen molar-refractivity contribution in [3.8, 4) is 0 Å². The zero-order valence-electron chi connectivity index (χ0n) is 11.5. The van der Waals surface area contributed by atoms with Gasteiger partial charge in [-0.3, -0.25) is 4.79 Å². The Bertz CT molecular complexity index is 559. The molecule has 1 aliphatic carbocycles. The van der Waals surface area contributed by atoms with E-state index >= 15 is 0 Å². The predicted octanol–water partition coefficient (Wildman–Crippen LogP) is 1.96. The highest BCUT2D eigenvalue weighted by Gasteiger charge is 2.24. The first-order chi connectivity index (χ1) is 9.49. The molecule has 20 heavy (non-hydrogen) atoms. The molecule has 1 saturated carbocycles. The number of carbonyl (C=O) groups is 1. The van der Waals surface area contributed by atoms with Crippen molar-refractivity contribution in [1.82, 2.24) is 4.72 Å². The number of aryl methyl sites for hydroxylation is 1. The molecule has 1 fully saturated rings. The molecule has 0 aromatic heterocycles. The van der Waals surface area contributed by atoms with Gasteiger partial charge in [0.25, 0.3) is 0 Å². The molecule has 1 aliphatic rings. The molecule has 5 nitrogen and oxygen atoms in total. The molecule has 6 heteroatoms. The Morgan fingerprint density at radius 2 is 1.85 bits per heavy atom. The summed E-state index contributed by atoms with van der Waals surface area (Å²) in [7, 11) is -3.62. The smallest absolute Gasteiger partial charge is 0.310 e. The van der Waals surface area contributed by atoms with E-state index in [1.165, 1.54) is 12.1 Å². The second kappa shape index (κ2) is 6.37. The zero-order valence-corrected chi connectivity index (χ0v) is 12.3. The van der Waals surface area contributed by atoms with Gasteiger partial charge in [-0.2, -0.15) is 4.72 Å². The maximum atomic E-state index is 11.9. The van der Waals surface area contributed by atoms with Crippen LogP contribution in [0.4, 0.5) is 0 Å². The SMILES string of the molecule is Cc1ccc(S(=O)(=O)NCOC(=O)C2CCCC2)cc1. The largest absolute Gasteiger partial charge is 0.449 e. The van der Waals surface area contributed by atoms with Gasteiger partial charge in [0.05, 0.1) is 10.8 Å². The Balaban J connectivity index is 1.86. The van der Waals surface area contributed by atoms with Crippen LogP contribution in [-0.4, -0.2) is 21.1 Å². The first kappa shape index (κ1) is 15.0. The molecule has 0 bridgehead atoms. The number of hydrogen-bond donors (Lipinski definition) is 1. The molecule has 0 aliphatic heterocycles. The molecule has 0 atom stereocenters. The van der Waals surface area contributed by atoms with E-state index in [1.807, 2.05) is 6.92 Å². The van der Waals surface area contributed by atoms with Crippen molar-refractivity contribution in [2.75, 3.05) is 6.73 Å². The number of nitrogens with one attached hydrogen (secondary N) is 1. The summed E-state index contributed by atoms with van der Waals surface area (Å²) < 4.78 is 31.1. The van der Waals surface area contributed by atoms with Gasteiger partial charge in [-0.15, -0.1) is 0 Å². The van der Waals surface area contributed by atoms with Gasteiger partial charge in [-0.1, -0.05) is 30.5 Å². The van der Waals surface area contributed by atoms with Gasteiger partial charge in [0.2, 0.25) is 10.0 Å². The van der Waals surface area contributed by atoms with Gasteiger partial charge in [0.1, 0.15) is 0 Å². The highest BCUT2D eigenvalue weighted by molar-refractivity contribution is 7.89. The number of rotatable bonds is 5. The van der Waals surface area contributed by atoms with Crippen LogP contribution in [-0.2, 0) is 19.6 Å². The van der Waals surface area contributed by atoms with Crippen molar-refractivity contribution in [2.24, 2.45) is 5.92 Å². The fourth-order valence-corrected chi connectivity index (χ4v) is 3.13. The Morgan fingerprint density at radius 3 is 2.45 bits per heavy atom. The van der Waals surface area contributed by atoms with Crippen LogP contribution in [0.1, 0.15) is 31.2 Å². The number of ether oxygens (including phenoxy) is 1. The standard InChI is InChI=1S/C14H19NO4S/c1-11-6-8-13(9-7-11)20(17,18)15-10-19-14(16)12-4-2-3-5-12/h6-9,12,15H,2-5,10H2,1H3. The van der Waals surface area contributed by atoms with Gasteiger partial charge >= 0.3 is 5.97 Å². The average Bonchev–Trinajstić information content (AvgIpc) is 2.93. The minimum absolute atomic E-state index is 0.0705. The van der Waals surface area contributed by atoms with Gasteiger partial charge in [-0.25, -0.2) is 8.42 Å². The summed E-state index contributed by atoms with van der Waals surface area (Å²) in [6.07, 6.45) is 3.75. The van der Waals surface area contributed by atoms with Crippen LogP contribution < -0.4 is 4.72 Å². The predicted molar refractivity (Wildman–Crippen MR) is 74.4 cm³/mol. The Morgan fingerprint density at radius 1 is 1.25 bits per heavy atom. The number of sulfonamides is 1. The monoisotopic (exact) mass is 297 g/mol. The van der Waals surface area contributed by atoms with Crippen LogP contribution in [0.2, 0.25) is 0 Å². The summed E-state index contributed by atoms with van der Waals surface area (Å²) in [5, 5.41) is 0. The Hall–Kier alpha value is -1.40. The molecule has 1 N–H and O–H groups in total. The van der Waals surface area contributed by atoms with E-state index in [4.69, 9.17) is 4.74 Å². The fraction of sp³-hybridized carbons (Fsp3) is 0.500. The first-order valence-electron chi connectivity index (χ1n) is 6.72. The van der Waals surface area contributed by atoms with E-state index in [9.17, 15) is 13.2 Å². The summed E-state index contributed by atoms with van der Waals surface area (Å²) in [5.74, 6) is -0.381. The number of carbonyl (C=O) groups excluding carboxylic acids is 1. The van der Waals surface area contributed by atoms with Gasteiger partial charge in [0, 0.05) is 0 Å². The molecule has 110 valence electrons. The second-order valence-corrected chi connectivity index (χ2v) is 6.82. The molecule has 0 saturated heterocycles. The normalized spacial score (nSPS) is 16.2. The summed E-state index contributed by atoms with van der Waals surface area (Å²) >= 11 is 0. The van der Waals surface area contributed by atoms with E-state index in [0.717, 1.165) is 31.2 Å². The van der Waals surface area contributed by atoms with E-state index in [0.29, 0.717) is 0 Å². The summed E-state index contributed by atoms with van der Waals surface area (Å²) in [4.78, 5) is 11.8. The van der Waals surface area contributed by atoms with Crippen LogP contribution in [0, 0.1) is 12.8 Å². The lowest BCUT2D eigenvalue weighted by Gasteiger charge is -2.11. The Labute approximate surface area is 119 Å². The van der Waals surface area contributed by atoms with Gasteiger partial charge < -0.3 is 4.74 Å². The molecule has 0 amide bonds. The minimum Gasteiger partial charge on any atom is -0.449 e. The molecular weight excluding hydrogens is 278 g/mol. The van der Waals surface area contributed by atoms with Crippen LogP contribution >= 0.6 is 0 Å². The van der Waals surface area contributed by atoms with Crippen molar-refractivity contribution < 1.29 is 17.9 Å². The van der Waals surface area contributed by atoms with Crippen LogP contribution in [0.3, 0.4) is 0 Å².